The fraction of sp³-hybridized carbons (Fsp3) is 0.211. The van der Waals surface area contributed by atoms with Crippen LogP contribution in [0.2, 0.25) is 0 Å². The summed E-state index contributed by atoms with van der Waals surface area (Å²) in [6.07, 6.45) is 0. The highest BCUT2D eigenvalue weighted by Gasteiger charge is 2.12. The molecular formula is C19H20N2O2. The largest absolute Gasteiger partial charge is 0.481 e. The molecule has 1 aromatic heterocycles. The van der Waals surface area contributed by atoms with Crippen molar-refractivity contribution in [2.24, 2.45) is 0 Å². The van der Waals surface area contributed by atoms with Gasteiger partial charge in [0, 0.05) is 17.5 Å². The Morgan fingerprint density at radius 3 is 2.57 bits per heavy atom. The minimum absolute atomic E-state index is 0.0351. The van der Waals surface area contributed by atoms with Crippen molar-refractivity contribution in [3.63, 3.8) is 0 Å². The van der Waals surface area contributed by atoms with Crippen molar-refractivity contribution in [3.05, 3.63) is 71.8 Å². The molecule has 2 aromatic carbocycles. The minimum atomic E-state index is -0.118. The summed E-state index contributed by atoms with van der Waals surface area (Å²) in [5.74, 6) is 0.612. The van der Waals surface area contributed by atoms with Crippen LogP contribution in [0.4, 0.5) is 0 Å². The van der Waals surface area contributed by atoms with E-state index in [0.717, 1.165) is 22.0 Å². The average molecular weight is 308 g/mol. The van der Waals surface area contributed by atoms with Crippen LogP contribution in [-0.4, -0.2) is 23.8 Å². The molecule has 1 atom stereocenters. The van der Waals surface area contributed by atoms with Crippen molar-refractivity contribution < 1.29 is 9.84 Å². The van der Waals surface area contributed by atoms with Crippen molar-refractivity contribution >= 4 is 10.9 Å². The summed E-state index contributed by atoms with van der Waals surface area (Å²) in [4.78, 5) is 4.55. The Kier molecular flexibility index (Phi) is 4.86. The lowest BCUT2D eigenvalue weighted by Gasteiger charge is -2.18. The zero-order chi connectivity index (χ0) is 16.1. The van der Waals surface area contributed by atoms with Crippen LogP contribution >= 0.6 is 0 Å². The number of hydrogen-bond donors (Lipinski definition) is 2. The van der Waals surface area contributed by atoms with Gasteiger partial charge in [-0.2, -0.15) is 0 Å². The highest BCUT2D eigenvalue weighted by molar-refractivity contribution is 5.80. The molecule has 0 radical (unpaired) electrons. The number of rotatable bonds is 6. The smallest absolute Gasteiger partial charge is 0.218 e. The van der Waals surface area contributed by atoms with Gasteiger partial charge in [-0.15, -0.1) is 0 Å². The summed E-state index contributed by atoms with van der Waals surface area (Å²) in [6, 6.07) is 19.8. The first-order valence-corrected chi connectivity index (χ1v) is 7.63. The van der Waals surface area contributed by atoms with Crippen molar-refractivity contribution in [1.29, 1.82) is 0 Å². The van der Waals surface area contributed by atoms with Gasteiger partial charge in [-0.1, -0.05) is 48.5 Å². The van der Waals surface area contributed by atoms with Crippen LogP contribution in [-0.2, 0) is 6.54 Å². The van der Waals surface area contributed by atoms with E-state index in [-0.39, 0.29) is 12.6 Å². The third kappa shape index (κ3) is 3.50. The van der Waals surface area contributed by atoms with E-state index in [1.165, 1.54) is 0 Å². The zero-order valence-corrected chi connectivity index (χ0v) is 13.1. The van der Waals surface area contributed by atoms with E-state index in [2.05, 4.69) is 16.4 Å². The highest BCUT2D eigenvalue weighted by atomic mass is 16.5. The Balaban J connectivity index is 1.83. The van der Waals surface area contributed by atoms with E-state index in [1.54, 1.807) is 7.11 Å². The maximum absolute atomic E-state index is 9.65. The first-order valence-electron chi connectivity index (χ1n) is 7.63. The number of aliphatic hydroxyl groups is 1. The Morgan fingerprint density at radius 2 is 1.83 bits per heavy atom. The molecule has 0 aliphatic carbocycles. The Hall–Kier alpha value is -2.43. The average Bonchev–Trinajstić information content (AvgIpc) is 2.62. The molecule has 4 nitrogen and oxygen atoms in total. The second-order valence-electron chi connectivity index (χ2n) is 5.38. The van der Waals surface area contributed by atoms with Crippen molar-refractivity contribution in [1.82, 2.24) is 10.3 Å². The molecule has 0 aliphatic heterocycles. The van der Waals surface area contributed by atoms with Crippen LogP contribution < -0.4 is 10.1 Å². The molecule has 118 valence electrons. The molecule has 0 spiro atoms. The van der Waals surface area contributed by atoms with Crippen LogP contribution in [0.3, 0.4) is 0 Å². The molecule has 1 unspecified atom stereocenters. The molecule has 1 heterocycles. The molecule has 3 rings (SSSR count). The van der Waals surface area contributed by atoms with Gasteiger partial charge in [-0.3, -0.25) is 0 Å². The van der Waals surface area contributed by atoms with E-state index in [1.807, 2.05) is 54.6 Å². The normalized spacial score (nSPS) is 12.3. The Labute approximate surface area is 135 Å². The molecule has 2 N–H and O–H groups in total. The van der Waals surface area contributed by atoms with Crippen LogP contribution in [0, 0.1) is 0 Å². The quantitative estimate of drug-likeness (QED) is 0.735. The Morgan fingerprint density at radius 1 is 1.09 bits per heavy atom. The summed E-state index contributed by atoms with van der Waals surface area (Å²) >= 11 is 0. The zero-order valence-electron chi connectivity index (χ0n) is 13.1. The number of ether oxygens (including phenoxy) is 1. The van der Waals surface area contributed by atoms with Gasteiger partial charge in [-0.05, 0) is 17.7 Å². The fourth-order valence-electron chi connectivity index (χ4n) is 2.65. The Bertz CT molecular complexity index is 775. The molecule has 23 heavy (non-hydrogen) atoms. The van der Waals surface area contributed by atoms with Crippen molar-refractivity contribution in [2.75, 3.05) is 13.7 Å². The van der Waals surface area contributed by atoms with E-state index in [4.69, 9.17) is 4.74 Å². The van der Waals surface area contributed by atoms with Gasteiger partial charge in [0.2, 0.25) is 5.88 Å². The maximum Gasteiger partial charge on any atom is 0.218 e. The van der Waals surface area contributed by atoms with E-state index in [0.29, 0.717) is 12.4 Å². The predicted octanol–water partition coefficient (Wildman–Crippen LogP) is 3.07. The molecule has 4 heteroatoms. The molecule has 0 fully saturated rings. The molecule has 0 bridgehead atoms. The SMILES string of the molecule is COc1nc2ccccc2cc1CNC(CO)c1ccccc1. The minimum Gasteiger partial charge on any atom is -0.481 e. The van der Waals surface area contributed by atoms with Gasteiger partial charge >= 0.3 is 0 Å². The van der Waals surface area contributed by atoms with Gasteiger partial charge in [-0.25, -0.2) is 4.98 Å². The van der Waals surface area contributed by atoms with Crippen molar-refractivity contribution in [3.8, 4) is 5.88 Å². The van der Waals surface area contributed by atoms with Crippen LogP contribution in [0.5, 0.6) is 5.88 Å². The number of aromatic nitrogens is 1. The monoisotopic (exact) mass is 308 g/mol. The van der Waals surface area contributed by atoms with E-state index in [9.17, 15) is 5.11 Å². The molecular weight excluding hydrogens is 288 g/mol. The summed E-state index contributed by atoms with van der Waals surface area (Å²) < 4.78 is 5.41. The first kappa shape index (κ1) is 15.5. The van der Waals surface area contributed by atoms with Gasteiger partial charge in [0.25, 0.3) is 0 Å². The number of methoxy groups -OCH3 is 1. The number of benzene rings is 2. The second-order valence-corrected chi connectivity index (χ2v) is 5.38. The molecule has 3 aromatic rings. The summed E-state index contributed by atoms with van der Waals surface area (Å²) in [5.41, 5.74) is 2.94. The summed E-state index contributed by atoms with van der Waals surface area (Å²) in [7, 11) is 1.63. The molecule has 0 saturated carbocycles. The number of pyridine rings is 1. The highest BCUT2D eigenvalue weighted by Crippen LogP contribution is 2.23. The van der Waals surface area contributed by atoms with E-state index < -0.39 is 0 Å². The number of nitrogens with zero attached hydrogens (tertiary/aromatic N) is 1. The lowest BCUT2D eigenvalue weighted by molar-refractivity contribution is 0.243. The van der Waals surface area contributed by atoms with Gasteiger partial charge in [0.1, 0.15) is 0 Å². The first-order chi connectivity index (χ1) is 11.3. The fourth-order valence-corrected chi connectivity index (χ4v) is 2.65. The van der Waals surface area contributed by atoms with Gasteiger partial charge in [0.15, 0.2) is 0 Å². The van der Waals surface area contributed by atoms with Gasteiger partial charge < -0.3 is 15.2 Å². The number of aliphatic hydroxyl groups excluding tert-OH is 1. The number of fused-ring (bicyclic) bond motifs is 1. The predicted molar refractivity (Wildman–Crippen MR) is 91.4 cm³/mol. The topological polar surface area (TPSA) is 54.4 Å². The number of nitrogens with one attached hydrogen (secondary N) is 1. The van der Waals surface area contributed by atoms with Crippen LogP contribution in [0.15, 0.2) is 60.7 Å². The van der Waals surface area contributed by atoms with Gasteiger partial charge in [0.05, 0.1) is 25.3 Å². The lowest BCUT2D eigenvalue weighted by atomic mass is 10.1. The lowest BCUT2D eigenvalue weighted by Crippen LogP contribution is -2.24. The molecule has 0 amide bonds. The number of para-hydroxylation sites is 1. The third-order valence-corrected chi connectivity index (χ3v) is 3.88. The summed E-state index contributed by atoms with van der Waals surface area (Å²) in [5, 5.41) is 14.1. The standard InChI is InChI=1S/C19H20N2O2/c1-23-19-16(11-15-9-5-6-10-17(15)21-19)12-20-18(13-22)14-7-3-2-4-8-14/h2-11,18,20,22H,12-13H2,1H3. The number of hydrogen-bond acceptors (Lipinski definition) is 4. The summed E-state index contributed by atoms with van der Waals surface area (Å²) in [6.45, 7) is 0.606. The molecule has 0 saturated heterocycles. The van der Waals surface area contributed by atoms with Crippen LogP contribution in [0.1, 0.15) is 17.2 Å². The van der Waals surface area contributed by atoms with E-state index >= 15 is 0 Å². The van der Waals surface area contributed by atoms with Crippen molar-refractivity contribution in [2.45, 2.75) is 12.6 Å². The third-order valence-electron chi connectivity index (χ3n) is 3.88. The van der Waals surface area contributed by atoms with Crippen LogP contribution in [0.25, 0.3) is 10.9 Å². The molecule has 0 aliphatic rings. The maximum atomic E-state index is 9.65. The second kappa shape index (κ2) is 7.22.